The molecule has 178 valence electrons. The lowest BCUT2D eigenvalue weighted by atomic mass is 10.1. The van der Waals surface area contributed by atoms with Gasteiger partial charge in [0.2, 0.25) is 0 Å². The number of pyridine rings is 1. The molecular weight excluding hydrogens is 451 g/mol. The summed E-state index contributed by atoms with van der Waals surface area (Å²) in [6, 6.07) is 7.45. The lowest BCUT2D eigenvalue weighted by Gasteiger charge is -2.28. The van der Waals surface area contributed by atoms with Crippen molar-refractivity contribution < 1.29 is 18.7 Å². The van der Waals surface area contributed by atoms with Gasteiger partial charge < -0.3 is 14.4 Å². The van der Waals surface area contributed by atoms with Gasteiger partial charge in [-0.3, -0.25) is 19.9 Å². The molecule has 1 amide bonds. The predicted molar refractivity (Wildman–Crippen MR) is 127 cm³/mol. The smallest absolute Gasteiger partial charge is 0.255 e. The Morgan fingerprint density at radius 3 is 2.83 bits per heavy atom. The number of likely N-dealkylation sites (N-methyl/N-ethyl adjacent to an activating group) is 1. The highest BCUT2D eigenvalue weighted by Gasteiger charge is 2.24. The Bertz CT molecular complexity index is 1340. The molecule has 3 heterocycles. The molecule has 1 aliphatic rings. The van der Waals surface area contributed by atoms with E-state index in [4.69, 9.17) is 9.47 Å². The maximum atomic E-state index is 14.1. The normalized spacial score (nSPS) is 13.6. The van der Waals surface area contributed by atoms with Crippen LogP contribution < -0.4 is 4.74 Å². The van der Waals surface area contributed by atoms with E-state index in [1.54, 1.807) is 25.5 Å². The van der Waals surface area contributed by atoms with Crippen LogP contribution in [0.5, 0.6) is 5.75 Å². The summed E-state index contributed by atoms with van der Waals surface area (Å²) in [4.78, 5) is 23.0. The number of nitrogens with one attached hydrogen (secondary N) is 1. The summed E-state index contributed by atoms with van der Waals surface area (Å²) >= 11 is 0. The highest BCUT2D eigenvalue weighted by Crippen LogP contribution is 2.32. The highest BCUT2D eigenvalue weighted by molar-refractivity contribution is 5.95. The van der Waals surface area contributed by atoms with E-state index in [-0.39, 0.29) is 29.7 Å². The van der Waals surface area contributed by atoms with Gasteiger partial charge in [-0.2, -0.15) is 10.4 Å². The van der Waals surface area contributed by atoms with Crippen LogP contribution in [-0.4, -0.2) is 65.6 Å². The highest BCUT2D eigenvalue weighted by atomic mass is 19.1. The Kier molecular flexibility index (Phi) is 6.98. The molecule has 1 saturated heterocycles. The molecular formula is C25H23FN6O3. The maximum absolute atomic E-state index is 14.1. The molecule has 0 saturated carbocycles. The fourth-order valence-corrected chi connectivity index (χ4v) is 3.63. The SMILES string of the molecule is C=N/C=C(/CN(C)C(=O)c1cnc(-c2cc(F)cc(C#N)c2)c(OC2COC2)c1)c1[nH]ncc1C. The number of nitriles is 1. The van der Waals surface area contributed by atoms with Crippen molar-refractivity contribution in [3.8, 4) is 23.1 Å². The standard InChI is InChI=1S/C25H23FN6O3/c1-15-9-30-31-23(15)19(10-28-2)12-32(3)25(33)18-7-22(35-21-13-34-14-21)24(29-11-18)17-4-16(8-27)5-20(26)6-17/h4-7,9-11,21H,2,12-14H2,1,3H3,(H,30,31)/b19-10-. The van der Waals surface area contributed by atoms with Gasteiger partial charge in [-0.05, 0) is 43.5 Å². The average Bonchev–Trinajstić information content (AvgIpc) is 3.25. The molecule has 35 heavy (non-hydrogen) atoms. The number of hydrogen-bond donors (Lipinski definition) is 1. The summed E-state index contributed by atoms with van der Waals surface area (Å²) in [5, 5.41) is 16.2. The monoisotopic (exact) mass is 474 g/mol. The lowest BCUT2D eigenvalue weighted by Crippen LogP contribution is -2.38. The molecule has 10 heteroatoms. The summed E-state index contributed by atoms with van der Waals surface area (Å²) in [6.45, 7) is 6.45. The molecule has 1 aromatic carbocycles. The van der Waals surface area contributed by atoms with Crippen LogP contribution in [0.4, 0.5) is 4.39 Å². The van der Waals surface area contributed by atoms with Gasteiger partial charge in [0.25, 0.3) is 5.91 Å². The Morgan fingerprint density at radius 1 is 1.40 bits per heavy atom. The first kappa shape index (κ1) is 23.8. The van der Waals surface area contributed by atoms with Crippen molar-refractivity contribution in [3.63, 3.8) is 0 Å². The third-order valence-corrected chi connectivity index (χ3v) is 5.45. The van der Waals surface area contributed by atoms with Crippen molar-refractivity contribution >= 4 is 18.2 Å². The van der Waals surface area contributed by atoms with Crippen molar-refractivity contribution in [2.75, 3.05) is 26.8 Å². The summed E-state index contributed by atoms with van der Waals surface area (Å²) in [5.74, 6) is -0.564. The fraction of sp³-hybridized carbons (Fsp3) is 0.240. The summed E-state index contributed by atoms with van der Waals surface area (Å²) in [5.41, 5.74) is 3.57. The van der Waals surface area contributed by atoms with Gasteiger partial charge in [0.1, 0.15) is 23.4 Å². The maximum Gasteiger partial charge on any atom is 0.255 e. The van der Waals surface area contributed by atoms with Crippen LogP contribution >= 0.6 is 0 Å². The number of H-pyrrole nitrogens is 1. The molecule has 0 radical (unpaired) electrons. The average molecular weight is 474 g/mol. The fourth-order valence-electron chi connectivity index (χ4n) is 3.63. The van der Waals surface area contributed by atoms with Crippen molar-refractivity contribution in [3.05, 3.63) is 71.1 Å². The van der Waals surface area contributed by atoms with Crippen molar-refractivity contribution in [2.24, 2.45) is 4.99 Å². The van der Waals surface area contributed by atoms with Crippen LogP contribution in [0.25, 0.3) is 16.8 Å². The lowest BCUT2D eigenvalue weighted by molar-refractivity contribution is -0.0795. The predicted octanol–water partition coefficient (Wildman–Crippen LogP) is 3.38. The summed E-state index contributed by atoms with van der Waals surface area (Å²) in [7, 11) is 1.66. The van der Waals surface area contributed by atoms with E-state index in [1.165, 1.54) is 23.2 Å². The van der Waals surface area contributed by atoms with Gasteiger partial charge in [-0.15, -0.1) is 0 Å². The molecule has 0 bridgehead atoms. The van der Waals surface area contributed by atoms with Gasteiger partial charge >= 0.3 is 0 Å². The number of carbonyl (C=O) groups is 1. The number of aromatic nitrogens is 3. The van der Waals surface area contributed by atoms with Crippen LogP contribution in [-0.2, 0) is 4.74 Å². The molecule has 0 spiro atoms. The number of carbonyl (C=O) groups excluding carboxylic acids is 1. The minimum Gasteiger partial charge on any atom is -0.483 e. The number of aryl methyl sites for hydroxylation is 1. The van der Waals surface area contributed by atoms with Gasteiger partial charge in [-0.25, -0.2) is 4.39 Å². The third-order valence-electron chi connectivity index (χ3n) is 5.45. The van der Waals surface area contributed by atoms with E-state index < -0.39 is 5.82 Å². The zero-order valence-electron chi connectivity index (χ0n) is 19.3. The zero-order valence-corrected chi connectivity index (χ0v) is 19.3. The Morgan fingerprint density at radius 2 is 2.20 bits per heavy atom. The van der Waals surface area contributed by atoms with E-state index in [1.807, 2.05) is 13.0 Å². The number of benzene rings is 1. The quantitative estimate of drug-likeness (QED) is 0.500. The number of nitrogens with zero attached hydrogens (tertiary/aromatic N) is 5. The molecule has 0 unspecified atom stereocenters. The number of aromatic amines is 1. The second-order valence-electron chi connectivity index (χ2n) is 8.11. The van der Waals surface area contributed by atoms with Gasteiger partial charge in [0, 0.05) is 37.1 Å². The summed E-state index contributed by atoms with van der Waals surface area (Å²) < 4.78 is 25.3. The van der Waals surface area contributed by atoms with Crippen LogP contribution in [0.3, 0.4) is 0 Å². The second kappa shape index (κ2) is 10.3. The van der Waals surface area contributed by atoms with Crippen LogP contribution in [0.2, 0.25) is 0 Å². The number of hydrogen-bond acceptors (Lipinski definition) is 7. The Balaban J connectivity index is 1.65. The second-order valence-corrected chi connectivity index (χ2v) is 8.11. The number of aliphatic imine (C=N–C) groups is 1. The molecule has 0 aliphatic carbocycles. The van der Waals surface area contributed by atoms with Gasteiger partial charge in [-0.1, -0.05) is 0 Å². The van der Waals surface area contributed by atoms with E-state index in [2.05, 4.69) is 26.9 Å². The van der Waals surface area contributed by atoms with Crippen molar-refractivity contribution in [1.82, 2.24) is 20.1 Å². The van der Waals surface area contributed by atoms with Gasteiger partial charge in [0.15, 0.2) is 0 Å². The van der Waals surface area contributed by atoms with Crippen LogP contribution in [0.15, 0.2) is 47.9 Å². The molecule has 2 aromatic heterocycles. The Hall–Kier alpha value is -4.36. The topological polar surface area (TPSA) is 116 Å². The minimum absolute atomic E-state index is 0.156. The number of ether oxygens (including phenoxy) is 2. The molecule has 3 aromatic rings. The van der Waals surface area contributed by atoms with Gasteiger partial charge in [0.05, 0.1) is 42.3 Å². The third kappa shape index (κ3) is 5.26. The van der Waals surface area contributed by atoms with E-state index in [0.717, 1.165) is 22.9 Å². The first-order chi connectivity index (χ1) is 16.9. The molecule has 1 N–H and O–H groups in total. The minimum atomic E-state index is -0.567. The van der Waals surface area contributed by atoms with Crippen molar-refractivity contribution in [1.29, 1.82) is 5.26 Å². The zero-order chi connectivity index (χ0) is 24.9. The van der Waals surface area contributed by atoms with Crippen LogP contribution in [0.1, 0.15) is 27.2 Å². The van der Waals surface area contributed by atoms with E-state index in [9.17, 15) is 14.4 Å². The molecule has 0 atom stereocenters. The molecule has 4 rings (SSSR count). The van der Waals surface area contributed by atoms with Crippen LogP contribution in [0, 0.1) is 24.1 Å². The van der Waals surface area contributed by atoms with E-state index in [0.29, 0.717) is 30.2 Å². The largest absolute Gasteiger partial charge is 0.483 e. The number of halogens is 1. The number of amides is 1. The van der Waals surface area contributed by atoms with E-state index >= 15 is 0 Å². The number of rotatable bonds is 8. The Labute approximate surface area is 201 Å². The summed E-state index contributed by atoms with van der Waals surface area (Å²) in [6.07, 6.45) is 4.47. The molecule has 1 fully saturated rings. The van der Waals surface area contributed by atoms with Crippen molar-refractivity contribution in [2.45, 2.75) is 13.0 Å². The first-order valence-electron chi connectivity index (χ1n) is 10.8. The molecule has 1 aliphatic heterocycles. The molecule has 9 nitrogen and oxygen atoms in total. The first-order valence-corrected chi connectivity index (χ1v) is 10.8.